The van der Waals surface area contributed by atoms with Crippen molar-refractivity contribution in [2.24, 2.45) is 0 Å². The highest BCUT2D eigenvalue weighted by Gasteiger charge is 2.35. The van der Waals surface area contributed by atoms with Crippen LogP contribution in [-0.2, 0) is 12.7 Å². The Bertz CT molecular complexity index is 667. The van der Waals surface area contributed by atoms with Gasteiger partial charge in [0.1, 0.15) is 5.82 Å². The first-order valence-electron chi connectivity index (χ1n) is 5.72. The molecule has 21 heavy (non-hydrogen) atoms. The van der Waals surface area contributed by atoms with Crippen molar-refractivity contribution in [1.82, 2.24) is 15.5 Å². The molecular weight excluding hydrogens is 294 g/mol. The van der Waals surface area contributed by atoms with Crippen molar-refractivity contribution in [2.45, 2.75) is 19.6 Å². The first-order chi connectivity index (χ1) is 9.79. The van der Waals surface area contributed by atoms with E-state index in [0.29, 0.717) is 11.9 Å². The summed E-state index contributed by atoms with van der Waals surface area (Å²) in [5, 5.41) is 5.68. The number of aryl methyl sites for hydroxylation is 1. The van der Waals surface area contributed by atoms with E-state index in [4.69, 9.17) is 4.52 Å². The molecule has 0 fully saturated rings. The van der Waals surface area contributed by atoms with Crippen LogP contribution in [-0.4, -0.2) is 16.0 Å². The van der Waals surface area contributed by atoms with Gasteiger partial charge in [-0.25, -0.2) is 4.39 Å². The summed E-state index contributed by atoms with van der Waals surface area (Å²) in [7, 11) is 0. The molecule has 0 atom stereocenters. The molecular formula is C12H9F4N3O2. The summed E-state index contributed by atoms with van der Waals surface area (Å²) in [4.78, 5) is 15.5. The molecule has 1 heterocycles. The Kier molecular flexibility index (Phi) is 3.92. The fraction of sp³-hybridized carbons (Fsp3) is 0.250. The van der Waals surface area contributed by atoms with E-state index in [2.05, 4.69) is 15.5 Å². The maximum absolute atomic E-state index is 13.7. The van der Waals surface area contributed by atoms with Gasteiger partial charge < -0.3 is 9.84 Å². The van der Waals surface area contributed by atoms with Crippen LogP contribution in [0, 0.1) is 12.7 Å². The van der Waals surface area contributed by atoms with Crippen molar-refractivity contribution in [3.8, 4) is 0 Å². The molecule has 0 radical (unpaired) electrons. The zero-order valence-electron chi connectivity index (χ0n) is 10.7. The van der Waals surface area contributed by atoms with E-state index in [1.807, 2.05) is 0 Å². The van der Waals surface area contributed by atoms with E-state index in [1.54, 1.807) is 6.92 Å². The summed E-state index contributed by atoms with van der Waals surface area (Å²) in [5.41, 5.74) is -2.20. The van der Waals surface area contributed by atoms with Gasteiger partial charge in [-0.05, 0) is 19.1 Å². The second-order valence-corrected chi connectivity index (χ2v) is 4.08. The first-order valence-corrected chi connectivity index (χ1v) is 5.72. The summed E-state index contributed by atoms with van der Waals surface area (Å²) in [5.74, 6) is -2.23. The van der Waals surface area contributed by atoms with Crippen LogP contribution in [0.5, 0.6) is 0 Å². The number of aromatic nitrogens is 2. The smallest absolute Gasteiger partial charge is 0.343 e. The summed E-state index contributed by atoms with van der Waals surface area (Å²) < 4.78 is 56.0. The van der Waals surface area contributed by atoms with Crippen LogP contribution in [0.1, 0.15) is 27.6 Å². The van der Waals surface area contributed by atoms with E-state index < -0.39 is 29.0 Å². The van der Waals surface area contributed by atoms with E-state index in [1.165, 1.54) is 0 Å². The molecule has 5 nitrogen and oxygen atoms in total. The predicted octanol–water partition coefficient (Wildman–Crippen LogP) is 2.47. The summed E-state index contributed by atoms with van der Waals surface area (Å²) in [6.07, 6.45) is -4.87. The van der Waals surface area contributed by atoms with Crippen LogP contribution >= 0.6 is 0 Å². The molecule has 0 bridgehead atoms. The maximum Gasteiger partial charge on any atom is 0.419 e. The van der Waals surface area contributed by atoms with Gasteiger partial charge >= 0.3 is 6.18 Å². The molecule has 0 spiro atoms. The molecule has 1 aromatic heterocycles. The maximum atomic E-state index is 13.7. The fourth-order valence-corrected chi connectivity index (χ4v) is 1.59. The number of benzene rings is 1. The van der Waals surface area contributed by atoms with Crippen LogP contribution in [0.25, 0.3) is 0 Å². The van der Waals surface area contributed by atoms with Gasteiger partial charge in [-0.1, -0.05) is 11.2 Å². The fourth-order valence-electron chi connectivity index (χ4n) is 1.59. The van der Waals surface area contributed by atoms with Crippen molar-refractivity contribution in [2.75, 3.05) is 0 Å². The lowest BCUT2D eigenvalue weighted by Crippen LogP contribution is -2.25. The standard InChI is InChI=1S/C12H9F4N3O2/c1-6-18-9(21-19-6)5-17-11(20)7-3-2-4-8(10(7)13)12(14,15)16/h2-4H,5H2,1H3,(H,17,20). The Hall–Kier alpha value is -2.45. The number of nitrogens with zero attached hydrogens (tertiary/aromatic N) is 2. The number of amides is 1. The molecule has 0 saturated carbocycles. The molecule has 9 heteroatoms. The van der Waals surface area contributed by atoms with Crippen molar-refractivity contribution in [3.05, 3.63) is 46.9 Å². The molecule has 0 saturated heterocycles. The van der Waals surface area contributed by atoms with E-state index in [9.17, 15) is 22.4 Å². The van der Waals surface area contributed by atoms with Crippen LogP contribution in [0.3, 0.4) is 0 Å². The zero-order chi connectivity index (χ0) is 15.6. The minimum atomic E-state index is -4.87. The first kappa shape index (κ1) is 14.9. The van der Waals surface area contributed by atoms with Crippen molar-refractivity contribution in [1.29, 1.82) is 0 Å². The molecule has 2 aromatic rings. The monoisotopic (exact) mass is 303 g/mol. The van der Waals surface area contributed by atoms with Gasteiger partial charge in [-0.15, -0.1) is 0 Å². The Morgan fingerprint density at radius 1 is 1.38 bits per heavy atom. The molecule has 1 aromatic carbocycles. The Labute approximate surface area is 116 Å². The van der Waals surface area contributed by atoms with Crippen LogP contribution in [0.4, 0.5) is 17.6 Å². The molecule has 2 rings (SSSR count). The van der Waals surface area contributed by atoms with E-state index in [0.717, 1.165) is 12.1 Å². The molecule has 0 aliphatic rings. The van der Waals surface area contributed by atoms with E-state index in [-0.39, 0.29) is 12.4 Å². The number of carbonyl (C=O) groups is 1. The van der Waals surface area contributed by atoms with Crippen LogP contribution in [0.15, 0.2) is 22.7 Å². The van der Waals surface area contributed by atoms with E-state index >= 15 is 0 Å². The Morgan fingerprint density at radius 2 is 2.10 bits per heavy atom. The van der Waals surface area contributed by atoms with Crippen LogP contribution < -0.4 is 5.32 Å². The van der Waals surface area contributed by atoms with Gasteiger partial charge in [0, 0.05) is 0 Å². The molecule has 0 aliphatic heterocycles. The second kappa shape index (κ2) is 5.51. The van der Waals surface area contributed by atoms with Gasteiger partial charge in [0.2, 0.25) is 5.89 Å². The number of hydrogen-bond donors (Lipinski definition) is 1. The lowest BCUT2D eigenvalue weighted by Gasteiger charge is -2.10. The summed E-state index contributed by atoms with van der Waals surface area (Å²) in [6.45, 7) is 1.34. The van der Waals surface area contributed by atoms with Crippen molar-refractivity contribution >= 4 is 5.91 Å². The number of carbonyl (C=O) groups excluding carboxylic acids is 1. The largest absolute Gasteiger partial charge is 0.419 e. The van der Waals surface area contributed by atoms with Gasteiger partial charge in [-0.3, -0.25) is 4.79 Å². The highest BCUT2D eigenvalue weighted by Crippen LogP contribution is 2.32. The topological polar surface area (TPSA) is 68.0 Å². The number of hydrogen-bond acceptors (Lipinski definition) is 4. The summed E-state index contributed by atoms with van der Waals surface area (Å²) >= 11 is 0. The normalized spacial score (nSPS) is 11.5. The quantitative estimate of drug-likeness (QED) is 0.884. The SMILES string of the molecule is Cc1noc(CNC(=O)c2cccc(C(F)(F)F)c2F)n1. The van der Waals surface area contributed by atoms with Crippen molar-refractivity contribution < 1.29 is 26.9 Å². The minimum absolute atomic E-state index is 0.0632. The number of halogens is 4. The number of rotatable bonds is 3. The molecule has 0 aliphatic carbocycles. The third-order valence-electron chi connectivity index (χ3n) is 2.52. The average Bonchev–Trinajstić information content (AvgIpc) is 2.80. The Morgan fingerprint density at radius 3 is 2.67 bits per heavy atom. The predicted molar refractivity (Wildman–Crippen MR) is 61.6 cm³/mol. The molecule has 112 valence electrons. The molecule has 1 amide bonds. The second-order valence-electron chi connectivity index (χ2n) is 4.08. The highest BCUT2D eigenvalue weighted by atomic mass is 19.4. The number of alkyl halides is 3. The third kappa shape index (κ3) is 3.36. The van der Waals surface area contributed by atoms with Gasteiger partial charge in [0.15, 0.2) is 5.82 Å². The lowest BCUT2D eigenvalue weighted by molar-refractivity contribution is -0.140. The summed E-state index contributed by atoms with van der Waals surface area (Å²) in [6, 6.07) is 2.48. The van der Waals surface area contributed by atoms with Gasteiger partial charge in [-0.2, -0.15) is 18.2 Å². The third-order valence-corrected chi connectivity index (χ3v) is 2.52. The average molecular weight is 303 g/mol. The molecule has 1 N–H and O–H groups in total. The van der Waals surface area contributed by atoms with Gasteiger partial charge in [0.05, 0.1) is 17.7 Å². The number of nitrogens with one attached hydrogen (secondary N) is 1. The van der Waals surface area contributed by atoms with Crippen LogP contribution in [0.2, 0.25) is 0 Å². The molecule has 0 unspecified atom stereocenters. The zero-order valence-corrected chi connectivity index (χ0v) is 10.7. The minimum Gasteiger partial charge on any atom is -0.343 e. The lowest BCUT2D eigenvalue weighted by atomic mass is 10.1. The van der Waals surface area contributed by atoms with Gasteiger partial charge in [0.25, 0.3) is 5.91 Å². The van der Waals surface area contributed by atoms with Crippen molar-refractivity contribution in [3.63, 3.8) is 0 Å². The highest BCUT2D eigenvalue weighted by molar-refractivity contribution is 5.94. The Balaban J connectivity index is 2.16.